The van der Waals surface area contributed by atoms with Crippen LogP contribution in [0.25, 0.3) is 11.3 Å². The Hall–Kier alpha value is -3.81. The molecule has 1 fully saturated rings. The summed E-state index contributed by atoms with van der Waals surface area (Å²) in [5.74, 6) is 1.52. The number of piperidine rings is 1. The van der Waals surface area contributed by atoms with E-state index in [1.54, 1.807) is 4.90 Å². The number of para-hydroxylation sites is 1. The minimum absolute atomic E-state index is 0.0471. The van der Waals surface area contributed by atoms with Gasteiger partial charge in [0, 0.05) is 24.6 Å². The van der Waals surface area contributed by atoms with E-state index >= 15 is 0 Å². The Morgan fingerprint density at radius 1 is 1.03 bits per heavy atom. The summed E-state index contributed by atoms with van der Waals surface area (Å²) in [7, 11) is 1.34. The van der Waals surface area contributed by atoms with Crippen LogP contribution in [0.5, 0.6) is 11.5 Å². The molecule has 0 radical (unpaired) electrons. The van der Waals surface area contributed by atoms with E-state index in [0.717, 1.165) is 24.2 Å². The van der Waals surface area contributed by atoms with Crippen molar-refractivity contribution in [3.63, 3.8) is 0 Å². The Bertz CT molecular complexity index is 1170. The second kappa shape index (κ2) is 10.2. The molecule has 1 aromatic heterocycles. The maximum Gasteiger partial charge on any atom is 0.410 e. The van der Waals surface area contributed by atoms with Gasteiger partial charge in [-0.15, -0.1) is 0 Å². The molecule has 1 amide bonds. The summed E-state index contributed by atoms with van der Waals surface area (Å²) in [6, 6.07) is 16.9. The molecule has 0 spiro atoms. The third-order valence-electron chi connectivity index (χ3n) is 5.68. The van der Waals surface area contributed by atoms with Gasteiger partial charge in [-0.25, -0.2) is 14.6 Å². The Kier molecular flexibility index (Phi) is 7.10. The van der Waals surface area contributed by atoms with Gasteiger partial charge in [0.25, 0.3) is 0 Å². The highest BCUT2D eigenvalue weighted by Gasteiger charge is 2.31. The van der Waals surface area contributed by atoms with Crippen molar-refractivity contribution in [1.82, 2.24) is 14.9 Å². The summed E-state index contributed by atoms with van der Waals surface area (Å²) in [6.45, 7) is 6.65. The summed E-state index contributed by atoms with van der Waals surface area (Å²) in [5, 5.41) is 0. The molecule has 1 aliphatic rings. The molecule has 1 aliphatic heterocycles. The van der Waals surface area contributed by atoms with Gasteiger partial charge in [-0.2, -0.15) is 0 Å². The Morgan fingerprint density at radius 2 is 1.71 bits per heavy atom. The van der Waals surface area contributed by atoms with Crippen LogP contribution in [0, 0.1) is 0 Å². The second-order valence-corrected chi connectivity index (χ2v) is 9.54. The molecular weight excluding hydrogens is 446 g/mol. The Balaban J connectivity index is 1.56. The average molecular weight is 478 g/mol. The fourth-order valence-corrected chi connectivity index (χ4v) is 4.04. The SMILES string of the molecule is COC(=O)c1[nH]c(C2CCCN(C(=O)OC(C)(C)C)C2)nc1-c1ccc(Oc2ccccc2)cc1. The highest BCUT2D eigenvalue weighted by atomic mass is 16.6. The normalized spacial score (nSPS) is 16.0. The van der Waals surface area contributed by atoms with Gasteiger partial charge >= 0.3 is 12.1 Å². The zero-order valence-corrected chi connectivity index (χ0v) is 20.5. The van der Waals surface area contributed by atoms with Gasteiger partial charge < -0.3 is 24.1 Å². The van der Waals surface area contributed by atoms with Crippen LogP contribution in [0.15, 0.2) is 54.6 Å². The topological polar surface area (TPSA) is 93.8 Å². The summed E-state index contributed by atoms with van der Waals surface area (Å²) >= 11 is 0. The van der Waals surface area contributed by atoms with Crippen LogP contribution in [-0.4, -0.2) is 52.7 Å². The van der Waals surface area contributed by atoms with E-state index in [1.807, 2.05) is 75.4 Å². The van der Waals surface area contributed by atoms with E-state index in [0.29, 0.717) is 30.4 Å². The van der Waals surface area contributed by atoms with Crippen molar-refractivity contribution >= 4 is 12.1 Å². The lowest BCUT2D eigenvalue weighted by molar-refractivity contribution is 0.0195. The smallest absolute Gasteiger partial charge is 0.410 e. The largest absolute Gasteiger partial charge is 0.464 e. The van der Waals surface area contributed by atoms with E-state index in [2.05, 4.69) is 4.98 Å². The molecule has 4 rings (SSSR count). The number of nitrogens with one attached hydrogen (secondary N) is 1. The fourth-order valence-electron chi connectivity index (χ4n) is 4.04. The number of hydrogen-bond donors (Lipinski definition) is 1. The van der Waals surface area contributed by atoms with Crippen molar-refractivity contribution < 1.29 is 23.8 Å². The molecule has 0 bridgehead atoms. The number of ether oxygens (including phenoxy) is 3. The van der Waals surface area contributed by atoms with E-state index in [1.165, 1.54) is 7.11 Å². The van der Waals surface area contributed by atoms with E-state index in [-0.39, 0.29) is 17.7 Å². The van der Waals surface area contributed by atoms with Crippen LogP contribution in [0.4, 0.5) is 4.79 Å². The molecule has 2 aromatic carbocycles. The van der Waals surface area contributed by atoms with Crippen LogP contribution in [0.2, 0.25) is 0 Å². The maximum atomic E-state index is 12.6. The monoisotopic (exact) mass is 477 g/mol. The number of nitrogens with zero attached hydrogens (tertiary/aromatic N) is 2. The van der Waals surface area contributed by atoms with Crippen molar-refractivity contribution in [2.75, 3.05) is 20.2 Å². The first kappa shape index (κ1) is 24.3. The van der Waals surface area contributed by atoms with Gasteiger partial charge in [0.05, 0.1) is 7.11 Å². The minimum atomic E-state index is -0.559. The van der Waals surface area contributed by atoms with Gasteiger partial charge in [0.2, 0.25) is 0 Å². The number of methoxy groups -OCH3 is 1. The zero-order chi connectivity index (χ0) is 25.0. The quantitative estimate of drug-likeness (QED) is 0.469. The first-order chi connectivity index (χ1) is 16.7. The van der Waals surface area contributed by atoms with Crippen LogP contribution in [0.3, 0.4) is 0 Å². The predicted octanol–water partition coefficient (Wildman–Crippen LogP) is 5.77. The molecule has 1 atom stereocenters. The van der Waals surface area contributed by atoms with E-state index < -0.39 is 11.6 Å². The van der Waals surface area contributed by atoms with Gasteiger partial charge in [0.1, 0.15) is 28.6 Å². The molecule has 1 saturated heterocycles. The summed E-state index contributed by atoms with van der Waals surface area (Å²) in [4.78, 5) is 34.8. The average Bonchev–Trinajstić information content (AvgIpc) is 3.29. The number of aromatic nitrogens is 2. The summed E-state index contributed by atoms with van der Waals surface area (Å²) in [6.07, 6.45) is 1.33. The number of hydrogen-bond acceptors (Lipinski definition) is 6. The third kappa shape index (κ3) is 6.01. The highest BCUT2D eigenvalue weighted by molar-refractivity contribution is 5.94. The molecule has 184 valence electrons. The molecule has 8 heteroatoms. The van der Waals surface area contributed by atoms with E-state index in [9.17, 15) is 9.59 Å². The second-order valence-electron chi connectivity index (χ2n) is 9.54. The number of likely N-dealkylation sites (tertiary alicyclic amines) is 1. The Labute approximate surface area is 205 Å². The number of amides is 1. The molecule has 0 saturated carbocycles. The molecule has 8 nitrogen and oxygen atoms in total. The van der Waals surface area contributed by atoms with Crippen LogP contribution in [-0.2, 0) is 9.47 Å². The standard InChI is InChI=1S/C27H31N3O5/c1-27(2,3)35-26(32)30-16-8-9-19(17-30)24-28-22(23(29-24)25(31)33-4)18-12-14-21(15-13-18)34-20-10-6-5-7-11-20/h5-7,10-15,19H,8-9,16-17H2,1-4H3,(H,28,29). The van der Waals surface area contributed by atoms with Crippen molar-refractivity contribution in [3.05, 3.63) is 66.1 Å². The molecule has 2 heterocycles. The fraction of sp³-hybridized carbons (Fsp3) is 0.370. The van der Waals surface area contributed by atoms with E-state index in [4.69, 9.17) is 19.2 Å². The molecular formula is C27H31N3O5. The highest BCUT2D eigenvalue weighted by Crippen LogP contribution is 2.32. The molecule has 3 aromatic rings. The molecule has 0 aliphatic carbocycles. The van der Waals surface area contributed by atoms with Crippen LogP contribution < -0.4 is 4.74 Å². The number of benzene rings is 2. The maximum absolute atomic E-state index is 12.6. The van der Waals surface area contributed by atoms with Crippen molar-refractivity contribution in [2.24, 2.45) is 0 Å². The number of rotatable bonds is 5. The summed E-state index contributed by atoms with van der Waals surface area (Å²) in [5.41, 5.74) is 0.991. The Morgan fingerprint density at radius 3 is 2.37 bits per heavy atom. The number of carbonyl (C=O) groups is 2. The van der Waals surface area contributed by atoms with Crippen molar-refractivity contribution in [2.45, 2.75) is 45.1 Å². The lowest BCUT2D eigenvalue weighted by Gasteiger charge is -2.33. The zero-order valence-electron chi connectivity index (χ0n) is 20.5. The van der Waals surface area contributed by atoms with Crippen LogP contribution in [0.1, 0.15) is 55.8 Å². The number of aromatic amines is 1. The molecule has 1 unspecified atom stereocenters. The number of imidazole rings is 1. The van der Waals surface area contributed by atoms with Gasteiger partial charge in [-0.1, -0.05) is 18.2 Å². The number of H-pyrrole nitrogens is 1. The number of carbonyl (C=O) groups excluding carboxylic acids is 2. The predicted molar refractivity (Wildman–Crippen MR) is 132 cm³/mol. The van der Waals surface area contributed by atoms with Crippen molar-refractivity contribution in [1.29, 1.82) is 0 Å². The lowest BCUT2D eigenvalue weighted by Crippen LogP contribution is -2.42. The molecule has 1 N–H and O–H groups in total. The van der Waals surface area contributed by atoms with Crippen molar-refractivity contribution in [3.8, 4) is 22.8 Å². The number of esters is 1. The molecule has 35 heavy (non-hydrogen) atoms. The summed E-state index contributed by atoms with van der Waals surface area (Å²) < 4.78 is 16.4. The van der Waals surface area contributed by atoms with Gasteiger partial charge in [-0.05, 0) is 70.0 Å². The first-order valence-corrected chi connectivity index (χ1v) is 11.7. The van der Waals surface area contributed by atoms with Gasteiger partial charge in [0.15, 0.2) is 5.69 Å². The minimum Gasteiger partial charge on any atom is -0.464 e. The van der Waals surface area contributed by atoms with Gasteiger partial charge in [-0.3, -0.25) is 0 Å². The lowest BCUT2D eigenvalue weighted by atomic mass is 9.98. The van der Waals surface area contributed by atoms with Crippen LogP contribution >= 0.6 is 0 Å². The third-order valence-corrected chi connectivity index (χ3v) is 5.68. The first-order valence-electron chi connectivity index (χ1n) is 11.7.